The smallest absolute Gasteiger partial charge is 0.103 e. The Balaban J connectivity index is 2.21. The number of hydrogen-bond acceptors (Lipinski definition) is 3. The second kappa shape index (κ2) is 5.46. The van der Waals surface area contributed by atoms with E-state index in [0.29, 0.717) is 6.54 Å². The average Bonchev–Trinajstić information content (AvgIpc) is 2.39. The normalized spacial score (nSPS) is 21.1. The molecule has 0 aromatic carbocycles. The van der Waals surface area contributed by atoms with E-state index in [1.165, 1.54) is 6.42 Å². The number of aromatic nitrogens is 1. The molecule has 2 rings (SSSR count). The summed E-state index contributed by atoms with van der Waals surface area (Å²) in [6.45, 7) is 0.534. The third-order valence-electron chi connectivity index (χ3n) is 3.87. The fourth-order valence-electron chi connectivity index (χ4n) is 2.71. The van der Waals surface area contributed by atoms with Gasteiger partial charge in [-0.25, -0.2) is 0 Å². The molecule has 0 radical (unpaired) electrons. The van der Waals surface area contributed by atoms with Crippen LogP contribution in [0.5, 0.6) is 0 Å². The van der Waals surface area contributed by atoms with Crippen molar-refractivity contribution in [2.24, 2.45) is 11.1 Å². The number of hydrogen-bond donors (Lipinski definition) is 2. The molecule has 4 heteroatoms. The monoisotopic (exact) mass is 298 g/mol. The molecule has 1 aliphatic carbocycles. The summed E-state index contributed by atoms with van der Waals surface area (Å²) in [7, 11) is 0. The Kier molecular flexibility index (Phi) is 4.17. The van der Waals surface area contributed by atoms with E-state index in [1.54, 1.807) is 6.20 Å². The van der Waals surface area contributed by atoms with Crippen molar-refractivity contribution in [2.45, 2.75) is 38.2 Å². The van der Waals surface area contributed by atoms with E-state index in [2.05, 4.69) is 20.9 Å². The van der Waals surface area contributed by atoms with E-state index in [-0.39, 0.29) is 5.41 Å². The quantitative estimate of drug-likeness (QED) is 0.902. The van der Waals surface area contributed by atoms with Crippen molar-refractivity contribution < 1.29 is 5.11 Å². The van der Waals surface area contributed by atoms with Crippen LogP contribution in [0.15, 0.2) is 22.8 Å². The minimum atomic E-state index is -0.541. The molecule has 3 nitrogen and oxygen atoms in total. The topological polar surface area (TPSA) is 59.1 Å². The summed E-state index contributed by atoms with van der Waals surface area (Å²) in [5.74, 6) is 0. The van der Waals surface area contributed by atoms with Crippen molar-refractivity contribution in [3.05, 3.63) is 28.5 Å². The van der Waals surface area contributed by atoms with Gasteiger partial charge < -0.3 is 10.8 Å². The first kappa shape index (κ1) is 13.0. The third kappa shape index (κ3) is 2.69. The van der Waals surface area contributed by atoms with Crippen LogP contribution in [0.4, 0.5) is 0 Å². The van der Waals surface area contributed by atoms with Crippen LogP contribution in [0, 0.1) is 5.41 Å². The molecule has 0 bridgehead atoms. The van der Waals surface area contributed by atoms with Crippen molar-refractivity contribution in [3.8, 4) is 0 Å². The second-order valence-corrected chi connectivity index (χ2v) is 5.85. The summed E-state index contributed by atoms with van der Waals surface area (Å²) in [5.41, 5.74) is 6.48. The maximum absolute atomic E-state index is 10.5. The van der Waals surface area contributed by atoms with Gasteiger partial charge in [-0.1, -0.05) is 19.3 Å². The van der Waals surface area contributed by atoms with Gasteiger partial charge in [0.05, 0.1) is 5.69 Å². The maximum Gasteiger partial charge on any atom is 0.103 e. The number of halogens is 1. The highest BCUT2D eigenvalue weighted by molar-refractivity contribution is 9.10. The van der Waals surface area contributed by atoms with E-state index in [4.69, 9.17) is 5.73 Å². The van der Waals surface area contributed by atoms with Crippen LogP contribution in [-0.2, 0) is 0 Å². The van der Waals surface area contributed by atoms with Crippen LogP contribution >= 0.6 is 15.9 Å². The molecule has 1 heterocycles. The van der Waals surface area contributed by atoms with Crippen LogP contribution in [0.1, 0.15) is 43.9 Å². The number of aliphatic hydroxyl groups excluding tert-OH is 1. The van der Waals surface area contributed by atoms with Crippen molar-refractivity contribution in [1.82, 2.24) is 4.98 Å². The van der Waals surface area contributed by atoms with Crippen LogP contribution in [-0.4, -0.2) is 16.6 Å². The summed E-state index contributed by atoms with van der Waals surface area (Å²) in [5, 5.41) is 10.5. The molecule has 1 atom stereocenters. The molecule has 1 aromatic heterocycles. The van der Waals surface area contributed by atoms with Crippen LogP contribution in [0.25, 0.3) is 0 Å². The predicted molar refractivity (Wildman–Crippen MR) is 71.5 cm³/mol. The van der Waals surface area contributed by atoms with Gasteiger partial charge in [0, 0.05) is 22.6 Å². The molecule has 1 fully saturated rings. The van der Waals surface area contributed by atoms with Gasteiger partial charge in [-0.15, -0.1) is 0 Å². The Morgan fingerprint density at radius 2 is 2.06 bits per heavy atom. The summed E-state index contributed by atoms with van der Waals surface area (Å²) < 4.78 is 0.930. The molecule has 0 amide bonds. The van der Waals surface area contributed by atoms with Crippen LogP contribution in [0.2, 0.25) is 0 Å². The zero-order valence-electron chi connectivity index (χ0n) is 9.90. The highest BCUT2D eigenvalue weighted by atomic mass is 79.9. The molecular formula is C13H19BrN2O. The van der Waals surface area contributed by atoms with Gasteiger partial charge in [-0.3, -0.25) is 4.98 Å². The Hall–Kier alpha value is -0.450. The maximum atomic E-state index is 10.5. The lowest BCUT2D eigenvalue weighted by atomic mass is 9.69. The third-order valence-corrected chi connectivity index (χ3v) is 4.34. The summed E-state index contributed by atoms with van der Waals surface area (Å²) in [6.07, 6.45) is 6.76. The lowest BCUT2D eigenvalue weighted by molar-refractivity contribution is -0.00214. The van der Waals surface area contributed by atoms with Crippen molar-refractivity contribution in [1.29, 1.82) is 0 Å². The van der Waals surface area contributed by atoms with Gasteiger partial charge >= 0.3 is 0 Å². The average molecular weight is 299 g/mol. The Labute approximate surface area is 111 Å². The minimum Gasteiger partial charge on any atom is -0.386 e. The van der Waals surface area contributed by atoms with Gasteiger partial charge in [0.1, 0.15) is 6.10 Å². The largest absolute Gasteiger partial charge is 0.386 e. The fourth-order valence-corrected chi connectivity index (χ4v) is 2.94. The van der Waals surface area contributed by atoms with E-state index in [0.717, 1.165) is 35.8 Å². The molecule has 3 N–H and O–H groups in total. The molecule has 1 saturated carbocycles. The summed E-state index contributed by atoms with van der Waals surface area (Å²) in [6, 6.07) is 3.79. The number of nitrogens with two attached hydrogens (primary N) is 1. The molecule has 1 aliphatic rings. The molecule has 94 valence electrons. The Morgan fingerprint density at radius 1 is 1.35 bits per heavy atom. The van der Waals surface area contributed by atoms with E-state index in [9.17, 15) is 5.11 Å². The van der Waals surface area contributed by atoms with Gasteiger partial charge in [0.15, 0.2) is 0 Å². The fraction of sp³-hybridized carbons (Fsp3) is 0.615. The minimum absolute atomic E-state index is 0.168. The van der Waals surface area contributed by atoms with Crippen LogP contribution < -0.4 is 5.73 Å². The number of pyridine rings is 1. The first-order chi connectivity index (χ1) is 8.18. The van der Waals surface area contributed by atoms with Crippen molar-refractivity contribution in [2.75, 3.05) is 6.54 Å². The van der Waals surface area contributed by atoms with Gasteiger partial charge in [0.2, 0.25) is 0 Å². The van der Waals surface area contributed by atoms with Gasteiger partial charge in [-0.05, 0) is 40.9 Å². The van der Waals surface area contributed by atoms with Crippen molar-refractivity contribution >= 4 is 15.9 Å². The summed E-state index contributed by atoms with van der Waals surface area (Å²) >= 11 is 3.35. The van der Waals surface area contributed by atoms with Gasteiger partial charge in [0.25, 0.3) is 0 Å². The Morgan fingerprint density at radius 3 is 2.59 bits per heavy atom. The number of rotatable bonds is 3. The lowest BCUT2D eigenvalue weighted by Gasteiger charge is -2.40. The first-order valence-corrected chi connectivity index (χ1v) is 6.97. The SMILES string of the molecule is NCC1(C(O)c2ccc(Br)cn2)CCCCC1. The predicted octanol–water partition coefficient (Wildman–Crippen LogP) is 2.79. The zero-order valence-corrected chi connectivity index (χ0v) is 11.5. The highest BCUT2D eigenvalue weighted by Crippen LogP contribution is 2.44. The number of aliphatic hydroxyl groups is 1. The first-order valence-electron chi connectivity index (χ1n) is 6.17. The molecule has 17 heavy (non-hydrogen) atoms. The lowest BCUT2D eigenvalue weighted by Crippen LogP contribution is -2.38. The molecular weight excluding hydrogens is 280 g/mol. The molecule has 0 spiro atoms. The standard InChI is InChI=1S/C13H19BrN2O/c14-10-4-5-11(16-8-10)12(17)13(9-15)6-2-1-3-7-13/h4-5,8,12,17H,1-3,6-7,9,15H2. The zero-order chi connectivity index (χ0) is 12.3. The van der Waals surface area contributed by atoms with E-state index < -0.39 is 6.10 Å². The second-order valence-electron chi connectivity index (χ2n) is 4.93. The summed E-state index contributed by atoms with van der Waals surface area (Å²) in [4.78, 5) is 4.29. The highest BCUT2D eigenvalue weighted by Gasteiger charge is 2.39. The van der Waals surface area contributed by atoms with Crippen molar-refractivity contribution in [3.63, 3.8) is 0 Å². The van der Waals surface area contributed by atoms with Crippen LogP contribution in [0.3, 0.4) is 0 Å². The van der Waals surface area contributed by atoms with E-state index in [1.807, 2.05) is 12.1 Å². The molecule has 1 aromatic rings. The molecule has 1 unspecified atom stereocenters. The number of nitrogens with zero attached hydrogens (tertiary/aromatic N) is 1. The molecule has 0 saturated heterocycles. The van der Waals surface area contributed by atoms with Gasteiger partial charge in [-0.2, -0.15) is 0 Å². The van der Waals surface area contributed by atoms with E-state index >= 15 is 0 Å². The Bertz CT molecular complexity index is 360. The molecule has 0 aliphatic heterocycles.